The third-order valence-electron chi connectivity index (χ3n) is 4.03. The molecule has 0 aliphatic carbocycles. The average molecular weight is 354 g/mol. The quantitative estimate of drug-likeness (QED) is 0.424. The molecule has 1 N–H and O–H groups in total. The van der Waals surface area contributed by atoms with Gasteiger partial charge in [-0.1, -0.05) is 54.6 Å². The van der Waals surface area contributed by atoms with E-state index in [1.54, 1.807) is 43.3 Å². The fourth-order valence-corrected chi connectivity index (χ4v) is 2.72. The van der Waals surface area contributed by atoms with Crippen LogP contribution in [0.25, 0.3) is 0 Å². The van der Waals surface area contributed by atoms with Crippen LogP contribution in [-0.4, -0.2) is 29.4 Å². The van der Waals surface area contributed by atoms with Gasteiger partial charge in [-0.3, -0.25) is 14.4 Å². The monoisotopic (exact) mass is 354 g/mol. The highest BCUT2D eigenvalue weighted by atomic mass is 16.5. The van der Waals surface area contributed by atoms with E-state index in [0.29, 0.717) is 18.6 Å². The third kappa shape index (κ3) is 5.55. The van der Waals surface area contributed by atoms with Gasteiger partial charge in [-0.25, -0.2) is 0 Å². The number of ether oxygens (including phenoxy) is 1. The minimum absolute atomic E-state index is 0.107. The largest absolute Gasteiger partial charge is 0.481 e. The maximum Gasteiger partial charge on any atom is 0.314 e. The number of carboxylic acids is 1. The summed E-state index contributed by atoms with van der Waals surface area (Å²) in [6, 6.07) is 15.8. The van der Waals surface area contributed by atoms with Crippen molar-refractivity contribution in [1.29, 1.82) is 0 Å². The fourth-order valence-electron chi connectivity index (χ4n) is 2.72. The first kappa shape index (κ1) is 19.4. The second-order valence-corrected chi connectivity index (χ2v) is 5.95. The Kier molecular flexibility index (Phi) is 7.09. The summed E-state index contributed by atoms with van der Waals surface area (Å²) in [5.41, 5.74) is 2.05. The van der Waals surface area contributed by atoms with Crippen LogP contribution in [-0.2, 0) is 27.2 Å². The molecule has 0 saturated carbocycles. The summed E-state index contributed by atoms with van der Waals surface area (Å²) in [6.45, 7) is 2.11. The summed E-state index contributed by atoms with van der Waals surface area (Å²) in [5.74, 6) is -2.95. The lowest BCUT2D eigenvalue weighted by molar-refractivity contribution is -0.143. The Labute approximate surface area is 152 Å². The molecule has 2 aromatic rings. The molecular weight excluding hydrogens is 332 g/mol. The molecular formula is C21H22O5. The maximum absolute atomic E-state index is 12.5. The van der Waals surface area contributed by atoms with E-state index in [0.717, 1.165) is 11.1 Å². The molecule has 0 amide bonds. The fraction of sp³-hybridized carbons (Fsp3) is 0.286. The van der Waals surface area contributed by atoms with Crippen molar-refractivity contribution in [3.05, 3.63) is 71.3 Å². The van der Waals surface area contributed by atoms with E-state index >= 15 is 0 Å². The smallest absolute Gasteiger partial charge is 0.314 e. The van der Waals surface area contributed by atoms with Gasteiger partial charge in [0.05, 0.1) is 6.61 Å². The maximum atomic E-state index is 12.5. The van der Waals surface area contributed by atoms with E-state index < -0.39 is 17.7 Å². The Hall–Kier alpha value is -2.95. The zero-order valence-electron chi connectivity index (χ0n) is 14.7. The summed E-state index contributed by atoms with van der Waals surface area (Å²) >= 11 is 0. The Morgan fingerprint density at radius 2 is 1.69 bits per heavy atom. The number of hydrogen-bond acceptors (Lipinski definition) is 4. The predicted octanol–water partition coefficient (Wildman–Crippen LogP) is 3.31. The molecule has 0 saturated heterocycles. The van der Waals surface area contributed by atoms with Crippen molar-refractivity contribution in [2.45, 2.75) is 26.2 Å². The van der Waals surface area contributed by atoms with Crippen LogP contribution >= 0.6 is 0 Å². The van der Waals surface area contributed by atoms with E-state index in [1.165, 1.54) is 0 Å². The van der Waals surface area contributed by atoms with Gasteiger partial charge >= 0.3 is 11.9 Å². The highest BCUT2D eigenvalue weighted by Gasteiger charge is 2.27. The molecule has 2 aromatic carbocycles. The molecule has 1 unspecified atom stereocenters. The molecule has 0 bridgehead atoms. The van der Waals surface area contributed by atoms with Crippen molar-refractivity contribution in [3.8, 4) is 0 Å². The number of hydrogen-bond donors (Lipinski definition) is 1. The number of benzene rings is 2. The first-order valence-electron chi connectivity index (χ1n) is 8.56. The summed E-state index contributed by atoms with van der Waals surface area (Å²) in [6.07, 6.45) is 0.885. The predicted molar refractivity (Wildman–Crippen MR) is 97.0 cm³/mol. The van der Waals surface area contributed by atoms with Crippen LogP contribution in [0.4, 0.5) is 0 Å². The van der Waals surface area contributed by atoms with Gasteiger partial charge in [0.25, 0.3) is 0 Å². The summed E-state index contributed by atoms with van der Waals surface area (Å²) in [4.78, 5) is 35.6. The van der Waals surface area contributed by atoms with E-state index in [-0.39, 0.29) is 18.8 Å². The van der Waals surface area contributed by atoms with Crippen LogP contribution < -0.4 is 0 Å². The van der Waals surface area contributed by atoms with Crippen molar-refractivity contribution >= 4 is 17.7 Å². The minimum Gasteiger partial charge on any atom is -0.481 e. The molecule has 0 aromatic heterocycles. The number of carbonyl (C=O) groups excluding carboxylic acids is 2. The topological polar surface area (TPSA) is 80.7 Å². The zero-order valence-corrected chi connectivity index (χ0v) is 14.7. The molecule has 1 atom stereocenters. The Morgan fingerprint density at radius 1 is 1.00 bits per heavy atom. The summed E-state index contributed by atoms with van der Waals surface area (Å²) < 4.78 is 4.91. The lowest BCUT2D eigenvalue weighted by Gasteiger charge is -2.12. The number of aliphatic carboxylic acids is 1. The number of carboxylic acid groups (broad SMARTS) is 1. The van der Waals surface area contributed by atoms with Crippen molar-refractivity contribution in [1.82, 2.24) is 0 Å². The first-order chi connectivity index (χ1) is 12.5. The molecule has 0 aliphatic rings. The number of Topliss-reactive ketones (excluding diaryl/α,β-unsaturated/α-hetero) is 1. The number of ketones is 1. The van der Waals surface area contributed by atoms with E-state index in [1.807, 2.05) is 18.2 Å². The molecule has 0 fully saturated rings. The van der Waals surface area contributed by atoms with Gasteiger partial charge in [-0.15, -0.1) is 0 Å². The van der Waals surface area contributed by atoms with Gasteiger partial charge in [-0.05, 0) is 30.9 Å². The van der Waals surface area contributed by atoms with Crippen LogP contribution in [0.3, 0.4) is 0 Å². The zero-order chi connectivity index (χ0) is 18.9. The standard InChI is InChI=1S/C21H22O5/c1-2-26-19(22)12-11-15-7-6-8-16(13-15)14-18(21(24)25)20(23)17-9-4-3-5-10-17/h3-10,13,18H,2,11-12,14H2,1H3,(H,24,25). The molecule has 5 heteroatoms. The van der Waals surface area contributed by atoms with Gasteiger partial charge in [0, 0.05) is 12.0 Å². The molecule has 0 aliphatic heterocycles. The first-order valence-corrected chi connectivity index (χ1v) is 8.56. The van der Waals surface area contributed by atoms with Gasteiger partial charge in [-0.2, -0.15) is 0 Å². The van der Waals surface area contributed by atoms with Crippen molar-refractivity contribution < 1.29 is 24.2 Å². The number of esters is 1. The normalized spacial score (nSPS) is 11.6. The van der Waals surface area contributed by atoms with E-state index in [2.05, 4.69) is 0 Å². The molecule has 2 rings (SSSR count). The van der Waals surface area contributed by atoms with Crippen molar-refractivity contribution in [2.75, 3.05) is 6.61 Å². The van der Waals surface area contributed by atoms with Crippen LogP contribution in [0.2, 0.25) is 0 Å². The van der Waals surface area contributed by atoms with Crippen LogP contribution in [0.1, 0.15) is 34.8 Å². The second-order valence-electron chi connectivity index (χ2n) is 5.95. The van der Waals surface area contributed by atoms with Gasteiger partial charge in [0.15, 0.2) is 5.78 Å². The van der Waals surface area contributed by atoms with Crippen molar-refractivity contribution in [3.63, 3.8) is 0 Å². The number of carbonyl (C=O) groups is 3. The Morgan fingerprint density at radius 3 is 2.35 bits per heavy atom. The van der Waals surface area contributed by atoms with Crippen molar-refractivity contribution in [2.24, 2.45) is 5.92 Å². The molecule has 136 valence electrons. The SMILES string of the molecule is CCOC(=O)CCc1cccc(CC(C(=O)O)C(=O)c2ccccc2)c1. The van der Waals surface area contributed by atoms with Gasteiger partial charge in [0.1, 0.15) is 5.92 Å². The molecule has 0 heterocycles. The van der Waals surface area contributed by atoms with E-state index in [9.17, 15) is 19.5 Å². The lowest BCUT2D eigenvalue weighted by atomic mass is 9.90. The van der Waals surface area contributed by atoms with Crippen LogP contribution in [0, 0.1) is 5.92 Å². The number of rotatable bonds is 9. The lowest BCUT2D eigenvalue weighted by Crippen LogP contribution is -2.26. The average Bonchev–Trinajstić information content (AvgIpc) is 2.65. The minimum atomic E-state index is -1.14. The summed E-state index contributed by atoms with van der Waals surface area (Å²) in [7, 11) is 0. The third-order valence-corrected chi connectivity index (χ3v) is 4.03. The Bertz CT molecular complexity index is 767. The van der Waals surface area contributed by atoms with Crippen LogP contribution in [0.15, 0.2) is 54.6 Å². The molecule has 0 spiro atoms. The van der Waals surface area contributed by atoms with Gasteiger partial charge < -0.3 is 9.84 Å². The van der Waals surface area contributed by atoms with Gasteiger partial charge in [0.2, 0.25) is 0 Å². The highest BCUT2D eigenvalue weighted by molar-refractivity contribution is 6.08. The summed E-state index contributed by atoms with van der Waals surface area (Å²) in [5, 5.41) is 9.49. The van der Waals surface area contributed by atoms with Crippen LogP contribution in [0.5, 0.6) is 0 Å². The molecule has 26 heavy (non-hydrogen) atoms. The van der Waals surface area contributed by atoms with E-state index in [4.69, 9.17) is 4.74 Å². The highest BCUT2D eigenvalue weighted by Crippen LogP contribution is 2.17. The number of aryl methyl sites for hydroxylation is 1. The Balaban J connectivity index is 2.09. The molecule has 5 nitrogen and oxygen atoms in total. The molecule has 0 radical (unpaired) electrons. The second kappa shape index (κ2) is 9.51.